The van der Waals surface area contributed by atoms with Crippen LogP contribution >= 0.6 is 0 Å². The summed E-state index contributed by atoms with van der Waals surface area (Å²) in [5.41, 5.74) is 0. The molecule has 0 aliphatic carbocycles. The molecule has 0 saturated carbocycles. The van der Waals surface area contributed by atoms with E-state index in [1.54, 1.807) is 0 Å². The van der Waals surface area contributed by atoms with Crippen LogP contribution in [-0.2, 0) is 19.1 Å². The third kappa shape index (κ3) is 23.6. The van der Waals surface area contributed by atoms with Crippen LogP contribution in [0.2, 0.25) is 0 Å². The van der Waals surface area contributed by atoms with Crippen molar-refractivity contribution in [2.75, 3.05) is 6.61 Å². The highest BCUT2D eigenvalue weighted by Crippen LogP contribution is 2.14. The Balaban J connectivity index is 3.33. The molecule has 0 saturated heterocycles. The summed E-state index contributed by atoms with van der Waals surface area (Å²) in [6.07, 6.45) is 26.2. The van der Waals surface area contributed by atoms with Crippen molar-refractivity contribution in [1.29, 1.82) is 0 Å². The Morgan fingerprint density at radius 3 is 1.33 bits per heavy atom. The summed E-state index contributed by atoms with van der Waals surface area (Å²) in [5.74, 6) is -0.726. The van der Waals surface area contributed by atoms with Gasteiger partial charge < -0.3 is 9.47 Å². The van der Waals surface area contributed by atoms with Gasteiger partial charge in [0, 0.05) is 12.2 Å². The molecule has 0 aromatic rings. The van der Waals surface area contributed by atoms with Crippen LogP contribution in [0.25, 0.3) is 0 Å². The van der Waals surface area contributed by atoms with Gasteiger partial charge in [-0.05, 0) is 19.3 Å². The van der Waals surface area contributed by atoms with E-state index in [2.05, 4.69) is 6.92 Å². The Labute approximate surface area is 205 Å². The van der Waals surface area contributed by atoms with Gasteiger partial charge in [-0.3, -0.25) is 0 Å². The number of hydrogen-bond acceptors (Lipinski definition) is 4. The molecule has 0 N–H and O–H groups in total. The molecule has 1 unspecified atom stereocenters. The van der Waals surface area contributed by atoms with Crippen LogP contribution in [-0.4, -0.2) is 24.6 Å². The monoisotopic (exact) mass is 466 g/mol. The topological polar surface area (TPSA) is 52.6 Å². The molecule has 0 rings (SSSR count). The SMILES string of the molecule is CCCCCCCCCCCCCCCCCCCCOC(=O)/C=C/C(=O)OC(C)C(C)C. The molecule has 0 aromatic heterocycles. The highest BCUT2D eigenvalue weighted by Gasteiger charge is 2.11. The number of carbonyl (C=O) groups excluding carboxylic acids is 2. The van der Waals surface area contributed by atoms with E-state index in [1.165, 1.54) is 103 Å². The second kappa shape index (κ2) is 23.8. The second-order valence-electron chi connectivity index (χ2n) is 9.90. The van der Waals surface area contributed by atoms with Gasteiger partial charge >= 0.3 is 11.9 Å². The minimum Gasteiger partial charge on any atom is -0.463 e. The maximum Gasteiger partial charge on any atom is 0.331 e. The van der Waals surface area contributed by atoms with E-state index in [9.17, 15) is 9.59 Å². The van der Waals surface area contributed by atoms with Gasteiger partial charge in [-0.1, -0.05) is 130 Å². The van der Waals surface area contributed by atoms with E-state index in [0.717, 1.165) is 25.0 Å². The fourth-order valence-corrected chi connectivity index (χ4v) is 3.72. The Morgan fingerprint density at radius 1 is 0.576 bits per heavy atom. The molecule has 194 valence electrons. The summed E-state index contributed by atoms with van der Waals surface area (Å²) in [6.45, 7) is 8.50. The maximum atomic E-state index is 11.6. The van der Waals surface area contributed by atoms with Gasteiger partial charge in [0.2, 0.25) is 0 Å². The predicted octanol–water partition coefficient (Wildman–Crippen LogP) is 8.72. The molecule has 0 amide bonds. The highest BCUT2D eigenvalue weighted by molar-refractivity contribution is 5.91. The molecular weight excluding hydrogens is 412 g/mol. The first-order valence-electron chi connectivity index (χ1n) is 14.0. The van der Waals surface area contributed by atoms with Crippen LogP contribution in [0.5, 0.6) is 0 Å². The molecule has 0 radical (unpaired) electrons. The lowest BCUT2D eigenvalue weighted by atomic mass is 10.0. The fourth-order valence-electron chi connectivity index (χ4n) is 3.72. The van der Waals surface area contributed by atoms with Crippen LogP contribution in [0, 0.1) is 5.92 Å². The van der Waals surface area contributed by atoms with Crippen LogP contribution in [0.15, 0.2) is 12.2 Å². The predicted molar refractivity (Wildman–Crippen MR) is 139 cm³/mol. The third-order valence-electron chi connectivity index (χ3n) is 6.34. The zero-order valence-electron chi connectivity index (χ0n) is 22.4. The minimum atomic E-state index is -0.499. The maximum absolute atomic E-state index is 11.6. The molecule has 0 bridgehead atoms. The summed E-state index contributed by atoms with van der Waals surface area (Å²) in [6, 6.07) is 0. The average molecular weight is 467 g/mol. The van der Waals surface area contributed by atoms with Crippen LogP contribution in [0.4, 0.5) is 0 Å². The van der Waals surface area contributed by atoms with Gasteiger partial charge in [0.05, 0.1) is 6.61 Å². The number of hydrogen-bond donors (Lipinski definition) is 0. The van der Waals surface area contributed by atoms with Crippen molar-refractivity contribution in [3.63, 3.8) is 0 Å². The highest BCUT2D eigenvalue weighted by atomic mass is 16.5. The summed E-state index contributed by atoms with van der Waals surface area (Å²) in [4.78, 5) is 23.2. The second-order valence-corrected chi connectivity index (χ2v) is 9.90. The first-order chi connectivity index (χ1) is 16.0. The average Bonchev–Trinajstić information content (AvgIpc) is 2.79. The summed E-state index contributed by atoms with van der Waals surface area (Å²) in [7, 11) is 0. The van der Waals surface area contributed by atoms with E-state index >= 15 is 0 Å². The number of esters is 2. The molecular formula is C29H54O4. The molecule has 1 atom stereocenters. The zero-order valence-corrected chi connectivity index (χ0v) is 22.4. The summed E-state index contributed by atoms with van der Waals surface area (Å²) in [5, 5.41) is 0. The van der Waals surface area contributed by atoms with E-state index < -0.39 is 11.9 Å². The van der Waals surface area contributed by atoms with Crippen LogP contribution in [0.1, 0.15) is 143 Å². The fraction of sp³-hybridized carbons (Fsp3) is 0.862. The van der Waals surface area contributed by atoms with Gasteiger partial charge in [-0.2, -0.15) is 0 Å². The zero-order chi connectivity index (χ0) is 24.6. The molecule has 4 heteroatoms. The van der Waals surface area contributed by atoms with E-state index in [0.29, 0.717) is 6.61 Å². The standard InChI is InChI=1S/C29H54O4/c1-5-6-7-8-9-10-11-12-13-14-15-16-17-18-19-20-21-22-25-32-28(30)23-24-29(31)33-27(4)26(2)3/h23-24,26-27H,5-22,25H2,1-4H3/b24-23+. The van der Waals surface area contributed by atoms with Gasteiger partial charge in [-0.15, -0.1) is 0 Å². The quantitative estimate of drug-likeness (QED) is 0.0858. The molecule has 0 heterocycles. The van der Waals surface area contributed by atoms with Gasteiger partial charge in [-0.25, -0.2) is 9.59 Å². The number of unbranched alkanes of at least 4 members (excludes halogenated alkanes) is 17. The van der Waals surface area contributed by atoms with Crippen molar-refractivity contribution in [2.24, 2.45) is 5.92 Å². The lowest BCUT2D eigenvalue weighted by molar-refractivity contribution is -0.145. The lowest BCUT2D eigenvalue weighted by Crippen LogP contribution is -2.19. The number of rotatable bonds is 23. The van der Waals surface area contributed by atoms with Crippen molar-refractivity contribution >= 4 is 11.9 Å². The van der Waals surface area contributed by atoms with E-state index in [4.69, 9.17) is 9.47 Å². The van der Waals surface area contributed by atoms with Crippen molar-refractivity contribution < 1.29 is 19.1 Å². The molecule has 4 nitrogen and oxygen atoms in total. The Bertz CT molecular complexity index is 484. The van der Waals surface area contributed by atoms with E-state index in [1.807, 2.05) is 20.8 Å². The number of ether oxygens (including phenoxy) is 2. The third-order valence-corrected chi connectivity index (χ3v) is 6.34. The Hall–Kier alpha value is -1.32. The number of carbonyl (C=O) groups is 2. The largest absolute Gasteiger partial charge is 0.463 e. The van der Waals surface area contributed by atoms with Gasteiger partial charge in [0.25, 0.3) is 0 Å². The first-order valence-corrected chi connectivity index (χ1v) is 14.0. The molecule has 0 aromatic carbocycles. The molecule has 33 heavy (non-hydrogen) atoms. The molecule has 0 fully saturated rings. The smallest absolute Gasteiger partial charge is 0.331 e. The Kier molecular flexibility index (Phi) is 22.9. The van der Waals surface area contributed by atoms with Crippen LogP contribution < -0.4 is 0 Å². The summed E-state index contributed by atoms with van der Waals surface area (Å²) >= 11 is 0. The minimum absolute atomic E-state index is 0.169. The van der Waals surface area contributed by atoms with Crippen molar-refractivity contribution in [1.82, 2.24) is 0 Å². The lowest BCUT2D eigenvalue weighted by Gasteiger charge is -2.14. The first kappa shape index (κ1) is 31.7. The van der Waals surface area contributed by atoms with Gasteiger partial charge in [0.1, 0.15) is 6.10 Å². The van der Waals surface area contributed by atoms with E-state index in [-0.39, 0.29) is 12.0 Å². The Morgan fingerprint density at radius 2 is 0.939 bits per heavy atom. The van der Waals surface area contributed by atoms with Crippen molar-refractivity contribution in [3.05, 3.63) is 12.2 Å². The van der Waals surface area contributed by atoms with Gasteiger partial charge in [0.15, 0.2) is 0 Å². The molecule has 0 aliphatic heterocycles. The van der Waals surface area contributed by atoms with Crippen LogP contribution in [0.3, 0.4) is 0 Å². The van der Waals surface area contributed by atoms with Crippen molar-refractivity contribution in [2.45, 2.75) is 149 Å². The normalized spacial score (nSPS) is 12.4. The van der Waals surface area contributed by atoms with Crippen molar-refractivity contribution in [3.8, 4) is 0 Å². The summed E-state index contributed by atoms with van der Waals surface area (Å²) < 4.78 is 10.3. The molecule has 0 spiro atoms. The molecule has 0 aliphatic rings.